The maximum Gasteiger partial charge on any atom is 0.220 e. The van der Waals surface area contributed by atoms with E-state index in [4.69, 9.17) is 18.9 Å². The van der Waals surface area contributed by atoms with Crippen LogP contribution >= 0.6 is 0 Å². The van der Waals surface area contributed by atoms with Crippen LogP contribution in [0.3, 0.4) is 0 Å². The lowest BCUT2D eigenvalue weighted by molar-refractivity contribution is -0.359. The molecule has 0 aromatic heterocycles. The Hall–Kier alpha value is -2.57. The Bertz CT molecular complexity index is 1800. The smallest absolute Gasteiger partial charge is 0.220 e. The molecule has 0 aliphatic carbocycles. The van der Waals surface area contributed by atoms with Crippen molar-refractivity contribution < 1.29 is 64.6 Å². The van der Waals surface area contributed by atoms with Gasteiger partial charge in [-0.15, -0.1) is 0 Å². The van der Waals surface area contributed by atoms with E-state index >= 15 is 0 Å². The Morgan fingerprint density at radius 2 is 0.769 bits per heavy atom. The Morgan fingerprint density at radius 1 is 0.407 bits per heavy atom. The van der Waals surface area contributed by atoms with Crippen molar-refractivity contribution in [2.75, 3.05) is 19.8 Å². The molecule has 1 amide bonds. The largest absolute Gasteiger partial charge is 0.394 e. The molecule has 2 saturated heterocycles. The van der Waals surface area contributed by atoms with E-state index in [0.717, 1.165) is 57.8 Å². The second kappa shape index (κ2) is 61.1. The number of aliphatic hydroxyl groups excluding tert-OH is 8. The third kappa shape index (κ3) is 44.7. The minimum absolute atomic E-state index is 0.248. The Labute approximate surface area is 555 Å². The molecule has 14 nitrogen and oxygen atoms in total. The van der Waals surface area contributed by atoms with E-state index in [2.05, 4.69) is 79.9 Å². The van der Waals surface area contributed by atoms with Crippen LogP contribution in [-0.4, -0.2) is 140 Å². The van der Waals surface area contributed by atoms with Crippen LogP contribution in [0.4, 0.5) is 0 Å². The Balaban J connectivity index is 1.66. The van der Waals surface area contributed by atoms with Crippen LogP contribution < -0.4 is 5.32 Å². The number of hydrogen-bond acceptors (Lipinski definition) is 13. The SMILES string of the molecule is CC/C=C\C/C=C\C/C=C\C/C=C\CCCCCCCCCCCCCCCCC(=O)NC(COC1OC(CO)C(OC2OC(CO)C(O)C(O)C2O)C(O)C1O)C(O)/C=C/CC/C=C/CCCCCCCCCCCCCCCCCCCCCCCCCC. The maximum absolute atomic E-state index is 13.4. The van der Waals surface area contributed by atoms with Gasteiger partial charge in [0.2, 0.25) is 5.91 Å². The van der Waals surface area contributed by atoms with Crippen molar-refractivity contribution in [2.24, 2.45) is 0 Å². The van der Waals surface area contributed by atoms with Crippen molar-refractivity contribution in [1.29, 1.82) is 0 Å². The highest BCUT2D eigenvalue weighted by atomic mass is 16.7. The van der Waals surface area contributed by atoms with E-state index in [0.29, 0.717) is 12.8 Å². The number of rotatable bonds is 62. The van der Waals surface area contributed by atoms with Crippen LogP contribution in [0.1, 0.15) is 316 Å². The molecule has 14 heteroatoms. The quantitative estimate of drug-likeness (QED) is 0.0204. The van der Waals surface area contributed by atoms with Gasteiger partial charge in [0, 0.05) is 6.42 Å². The highest BCUT2D eigenvalue weighted by Gasteiger charge is 2.51. The third-order valence-corrected chi connectivity index (χ3v) is 18.1. The Kier molecular flexibility index (Phi) is 56.7. The van der Waals surface area contributed by atoms with Gasteiger partial charge in [0.1, 0.15) is 48.8 Å². The summed E-state index contributed by atoms with van der Waals surface area (Å²) in [6.07, 6.45) is 66.9. The number of nitrogens with one attached hydrogen (secondary N) is 1. The van der Waals surface area contributed by atoms with Crippen LogP contribution in [0.2, 0.25) is 0 Å². The van der Waals surface area contributed by atoms with Crippen LogP contribution in [-0.2, 0) is 23.7 Å². The first-order chi connectivity index (χ1) is 44.6. The lowest BCUT2D eigenvalue weighted by atomic mass is 9.97. The summed E-state index contributed by atoms with van der Waals surface area (Å²) in [5.74, 6) is -0.248. The molecule has 2 aliphatic heterocycles. The molecule has 12 atom stereocenters. The van der Waals surface area contributed by atoms with Crippen molar-refractivity contribution in [3.8, 4) is 0 Å². The summed E-state index contributed by atoms with van der Waals surface area (Å²) in [6.45, 7) is 2.71. The van der Waals surface area contributed by atoms with Crippen LogP contribution in [0.25, 0.3) is 0 Å². The molecule has 91 heavy (non-hydrogen) atoms. The molecule has 2 aliphatic rings. The van der Waals surface area contributed by atoms with E-state index in [9.17, 15) is 45.6 Å². The molecule has 0 saturated carbocycles. The normalized spacial score (nSPS) is 23.2. The fourth-order valence-electron chi connectivity index (χ4n) is 12.2. The maximum atomic E-state index is 13.4. The monoisotopic (exact) mass is 1290 g/mol. The molecule has 2 fully saturated rings. The van der Waals surface area contributed by atoms with Crippen molar-refractivity contribution in [1.82, 2.24) is 5.32 Å². The minimum Gasteiger partial charge on any atom is -0.394 e. The van der Waals surface area contributed by atoms with Gasteiger partial charge in [-0.1, -0.05) is 311 Å². The molecule has 0 aromatic rings. The molecule has 12 unspecified atom stereocenters. The van der Waals surface area contributed by atoms with Crippen molar-refractivity contribution in [3.05, 3.63) is 72.9 Å². The average Bonchev–Trinajstić information content (AvgIpc) is 1.07. The standard InChI is InChI=1S/C77H139NO13/c1-3-5-7-9-11-13-15-17-19-21-23-25-27-29-31-32-33-35-36-38-40-42-44-46-48-50-52-54-56-58-60-66(81)65(64-88-76-74(87)72(85)75(68(63-80)90-76)91-77-73(86)71(84)70(83)67(62-79)89-77)78-69(82)61-59-57-55-53-51-49-47-45-43-41-39-37-34-30-28-26-24-22-20-18-16-14-12-10-8-6-4-2/h6,8,12,14,18,20,24,26,50,52,58,60,65-68,70-77,79-81,83-87H,3-5,7,9-11,13,15-17,19,21-23,25,27-49,51,53-57,59,61-64H2,1-2H3,(H,78,82)/b8-6-,14-12-,20-18-,26-24-,52-50+,60-58+. The number of allylic oxidation sites excluding steroid dienone is 11. The van der Waals surface area contributed by atoms with E-state index < -0.39 is 86.8 Å². The zero-order chi connectivity index (χ0) is 65.9. The van der Waals surface area contributed by atoms with Gasteiger partial charge in [-0.05, 0) is 70.6 Å². The fourth-order valence-corrected chi connectivity index (χ4v) is 12.2. The summed E-state index contributed by atoms with van der Waals surface area (Å²) >= 11 is 0. The summed E-state index contributed by atoms with van der Waals surface area (Å²) in [7, 11) is 0. The zero-order valence-corrected chi connectivity index (χ0v) is 57.8. The zero-order valence-electron chi connectivity index (χ0n) is 57.8. The number of amides is 1. The summed E-state index contributed by atoms with van der Waals surface area (Å²) in [4.78, 5) is 13.4. The van der Waals surface area contributed by atoms with E-state index in [1.807, 2.05) is 6.08 Å². The molecule has 0 radical (unpaired) electrons. The highest BCUT2D eigenvalue weighted by Crippen LogP contribution is 2.30. The van der Waals surface area contributed by atoms with E-state index in [1.165, 1.54) is 225 Å². The van der Waals surface area contributed by atoms with Crippen molar-refractivity contribution in [3.63, 3.8) is 0 Å². The van der Waals surface area contributed by atoms with E-state index in [1.54, 1.807) is 6.08 Å². The van der Waals surface area contributed by atoms with Gasteiger partial charge in [-0.2, -0.15) is 0 Å². The molecule has 0 bridgehead atoms. The fraction of sp³-hybridized carbons (Fsp3) is 0.831. The Morgan fingerprint density at radius 3 is 1.21 bits per heavy atom. The first-order valence-electron chi connectivity index (χ1n) is 37.7. The van der Waals surface area contributed by atoms with Gasteiger partial charge >= 0.3 is 0 Å². The van der Waals surface area contributed by atoms with Gasteiger partial charge < -0.3 is 65.1 Å². The number of carbonyl (C=O) groups excluding carboxylic acids is 1. The van der Waals surface area contributed by atoms with Crippen LogP contribution in [0.5, 0.6) is 0 Å². The van der Waals surface area contributed by atoms with Gasteiger partial charge in [0.25, 0.3) is 0 Å². The molecular weight excluding hydrogens is 1150 g/mol. The summed E-state index contributed by atoms with van der Waals surface area (Å²) in [5.41, 5.74) is 0. The lowest BCUT2D eigenvalue weighted by Crippen LogP contribution is -2.65. The molecule has 9 N–H and O–H groups in total. The number of aliphatic hydroxyl groups is 8. The first kappa shape index (κ1) is 84.5. The predicted octanol–water partition coefficient (Wildman–Crippen LogP) is 16.2. The van der Waals surface area contributed by atoms with Crippen LogP contribution in [0, 0.1) is 0 Å². The summed E-state index contributed by atoms with van der Waals surface area (Å²) in [6, 6.07) is -0.937. The average molecular weight is 1290 g/mol. The number of carbonyl (C=O) groups is 1. The van der Waals surface area contributed by atoms with E-state index in [-0.39, 0.29) is 18.9 Å². The summed E-state index contributed by atoms with van der Waals surface area (Å²) < 4.78 is 22.9. The van der Waals surface area contributed by atoms with Crippen molar-refractivity contribution >= 4 is 5.91 Å². The molecule has 0 aromatic carbocycles. The number of unbranched alkanes of at least 4 members (excludes halogenated alkanes) is 39. The third-order valence-electron chi connectivity index (χ3n) is 18.1. The number of ether oxygens (including phenoxy) is 4. The molecular formula is C77H139NO13. The van der Waals surface area contributed by atoms with Gasteiger partial charge in [-0.3, -0.25) is 4.79 Å². The van der Waals surface area contributed by atoms with Crippen LogP contribution in [0.15, 0.2) is 72.9 Å². The number of hydrogen-bond donors (Lipinski definition) is 9. The molecule has 530 valence electrons. The topological polar surface area (TPSA) is 228 Å². The minimum atomic E-state index is -1.79. The van der Waals surface area contributed by atoms with Crippen molar-refractivity contribution in [2.45, 2.75) is 389 Å². The predicted molar refractivity (Wildman–Crippen MR) is 373 cm³/mol. The first-order valence-corrected chi connectivity index (χ1v) is 37.7. The second-order valence-corrected chi connectivity index (χ2v) is 26.4. The lowest BCUT2D eigenvalue weighted by Gasteiger charge is -2.46. The molecule has 2 rings (SSSR count). The summed E-state index contributed by atoms with van der Waals surface area (Å²) in [5, 5.41) is 87.6. The second-order valence-electron chi connectivity index (χ2n) is 26.4. The van der Waals surface area contributed by atoms with Gasteiger partial charge in [0.05, 0.1) is 32.0 Å². The molecule has 0 spiro atoms. The van der Waals surface area contributed by atoms with Gasteiger partial charge in [0.15, 0.2) is 12.6 Å². The highest BCUT2D eigenvalue weighted by molar-refractivity contribution is 5.76. The molecule has 2 heterocycles. The van der Waals surface area contributed by atoms with Gasteiger partial charge in [-0.25, -0.2) is 0 Å².